The fraction of sp³-hybridized carbons (Fsp3) is 0.625. The Bertz CT molecular complexity index is 598. The van der Waals surface area contributed by atoms with Gasteiger partial charge in [0.1, 0.15) is 12.1 Å². The van der Waals surface area contributed by atoms with Gasteiger partial charge in [-0.1, -0.05) is 6.92 Å². The highest BCUT2D eigenvalue weighted by Crippen LogP contribution is 2.28. The molecule has 0 unspecified atom stereocenters. The van der Waals surface area contributed by atoms with Crippen LogP contribution in [0.3, 0.4) is 0 Å². The van der Waals surface area contributed by atoms with E-state index in [9.17, 15) is 0 Å². The van der Waals surface area contributed by atoms with Crippen molar-refractivity contribution in [1.29, 1.82) is 0 Å². The highest BCUT2D eigenvalue weighted by molar-refractivity contribution is 5.53. The zero-order valence-corrected chi connectivity index (χ0v) is 13.0. The lowest BCUT2D eigenvalue weighted by molar-refractivity contribution is 0.373. The van der Waals surface area contributed by atoms with Crippen molar-refractivity contribution in [1.82, 2.24) is 14.6 Å². The number of nitrogens with two attached hydrogens (primary N) is 1. The summed E-state index contributed by atoms with van der Waals surface area (Å²) in [4.78, 5) is 6.86. The topological polar surface area (TPSA) is 59.5 Å². The number of nitrogens with zero attached hydrogens (tertiary/aromatic N) is 4. The Balaban J connectivity index is 1.97. The van der Waals surface area contributed by atoms with Gasteiger partial charge in [-0.25, -0.2) is 4.98 Å². The van der Waals surface area contributed by atoms with Gasteiger partial charge < -0.3 is 10.6 Å². The lowest BCUT2D eigenvalue weighted by Gasteiger charge is -2.37. The molecule has 21 heavy (non-hydrogen) atoms. The maximum atomic E-state index is 6.06. The van der Waals surface area contributed by atoms with Gasteiger partial charge in [0.05, 0.1) is 0 Å². The SMILES string of the molecule is CCCN(c1cc(C)cc2ncnn12)C1CCC(N)CC1. The fourth-order valence-electron chi connectivity index (χ4n) is 3.38. The minimum absolute atomic E-state index is 0.383. The molecule has 1 fully saturated rings. The van der Waals surface area contributed by atoms with Gasteiger partial charge in [-0.2, -0.15) is 9.61 Å². The molecule has 5 heteroatoms. The van der Waals surface area contributed by atoms with Crippen LogP contribution < -0.4 is 10.6 Å². The van der Waals surface area contributed by atoms with Crippen LogP contribution in [0.5, 0.6) is 0 Å². The standard InChI is InChI=1S/C16H25N5/c1-3-8-20(14-6-4-13(17)5-7-14)16-10-12(2)9-15-18-11-19-21(15)16/h9-11,13-14H,3-8,17H2,1-2H3. The maximum absolute atomic E-state index is 6.06. The number of aromatic nitrogens is 3. The van der Waals surface area contributed by atoms with Crippen LogP contribution in [0, 0.1) is 6.92 Å². The molecule has 1 aliphatic rings. The first kappa shape index (κ1) is 14.3. The van der Waals surface area contributed by atoms with Crippen LogP contribution in [0.25, 0.3) is 5.65 Å². The number of rotatable bonds is 4. The molecule has 2 N–H and O–H groups in total. The molecule has 0 aromatic carbocycles. The summed E-state index contributed by atoms with van der Waals surface area (Å²) in [5, 5.41) is 4.41. The molecule has 1 aliphatic carbocycles. The van der Waals surface area contributed by atoms with E-state index in [0.29, 0.717) is 12.1 Å². The summed E-state index contributed by atoms with van der Waals surface area (Å²) in [7, 11) is 0. The largest absolute Gasteiger partial charge is 0.354 e. The normalized spacial score (nSPS) is 22.6. The molecule has 3 rings (SSSR count). The lowest BCUT2D eigenvalue weighted by Crippen LogP contribution is -2.42. The second-order valence-corrected chi connectivity index (χ2v) is 6.18. The summed E-state index contributed by atoms with van der Waals surface area (Å²) >= 11 is 0. The van der Waals surface area contributed by atoms with E-state index >= 15 is 0 Å². The van der Waals surface area contributed by atoms with Gasteiger partial charge in [0.25, 0.3) is 0 Å². The first-order chi connectivity index (χ1) is 10.2. The highest BCUT2D eigenvalue weighted by Gasteiger charge is 2.25. The first-order valence-electron chi connectivity index (χ1n) is 8.01. The number of anilines is 1. The molecule has 0 amide bonds. The average molecular weight is 287 g/mol. The minimum atomic E-state index is 0.383. The van der Waals surface area contributed by atoms with E-state index in [4.69, 9.17) is 5.73 Å². The van der Waals surface area contributed by atoms with E-state index in [-0.39, 0.29) is 0 Å². The summed E-state index contributed by atoms with van der Waals surface area (Å²) in [6.07, 6.45) is 7.36. The summed E-state index contributed by atoms with van der Waals surface area (Å²) in [5.74, 6) is 1.17. The zero-order chi connectivity index (χ0) is 14.8. The van der Waals surface area contributed by atoms with E-state index in [1.54, 1.807) is 6.33 Å². The summed E-state index contributed by atoms with van der Waals surface area (Å²) < 4.78 is 1.97. The molecule has 0 aliphatic heterocycles. The van der Waals surface area contributed by atoms with Crippen molar-refractivity contribution in [2.45, 2.75) is 58.0 Å². The van der Waals surface area contributed by atoms with Crippen LogP contribution in [0.2, 0.25) is 0 Å². The third-order valence-corrected chi connectivity index (χ3v) is 4.45. The van der Waals surface area contributed by atoms with Gasteiger partial charge in [-0.05, 0) is 56.7 Å². The predicted octanol–water partition coefficient (Wildman–Crippen LogP) is 2.52. The van der Waals surface area contributed by atoms with Crippen LogP contribution in [-0.2, 0) is 0 Å². The molecule has 0 spiro atoms. The molecule has 5 nitrogen and oxygen atoms in total. The Morgan fingerprint density at radius 3 is 2.76 bits per heavy atom. The Morgan fingerprint density at radius 1 is 1.29 bits per heavy atom. The van der Waals surface area contributed by atoms with Crippen LogP contribution >= 0.6 is 0 Å². The fourth-order valence-corrected chi connectivity index (χ4v) is 3.38. The lowest BCUT2D eigenvalue weighted by atomic mass is 9.90. The van der Waals surface area contributed by atoms with Crippen molar-refractivity contribution in [2.24, 2.45) is 5.73 Å². The quantitative estimate of drug-likeness (QED) is 0.938. The molecule has 114 valence electrons. The molecule has 1 saturated carbocycles. The number of hydrogen-bond acceptors (Lipinski definition) is 4. The first-order valence-corrected chi connectivity index (χ1v) is 8.01. The molecule has 0 atom stereocenters. The van der Waals surface area contributed by atoms with Crippen LogP contribution in [-0.4, -0.2) is 33.2 Å². The number of hydrogen-bond donors (Lipinski definition) is 1. The zero-order valence-electron chi connectivity index (χ0n) is 13.0. The Labute approximate surface area is 126 Å². The molecule has 0 bridgehead atoms. The van der Waals surface area contributed by atoms with Crippen molar-refractivity contribution in [3.05, 3.63) is 24.0 Å². The van der Waals surface area contributed by atoms with E-state index in [2.05, 4.69) is 41.0 Å². The summed E-state index contributed by atoms with van der Waals surface area (Å²) in [6.45, 7) is 5.41. The van der Waals surface area contributed by atoms with Gasteiger partial charge in [0, 0.05) is 18.6 Å². The summed E-state index contributed by atoms with van der Waals surface area (Å²) in [5.41, 5.74) is 8.23. The van der Waals surface area contributed by atoms with E-state index in [1.165, 1.54) is 24.2 Å². The van der Waals surface area contributed by atoms with Crippen LogP contribution in [0.15, 0.2) is 18.5 Å². The molecular formula is C16H25N5. The maximum Gasteiger partial charge on any atom is 0.157 e. The predicted molar refractivity (Wildman–Crippen MR) is 85.6 cm³/mol. The van der Waals surface area contributed by atoms with Gasteiger partial charge in [-0.3, -0.25) is 0 Å². The highest BCUT2D eigenvalue weighted by atomic mass is 15.4. The van der Waals surface area contributed by atoms with Crippen molar-refractivity contribution >= 4 is 11.5 Å². The van der Waals surface area contributed by atoms with Gasteiger partial charge >= 0.3 is 0 Å². The monoisotopic (exact) mass is 287 g/mol. The molecule has 2 aromatic heterocycles. The third-order valence-electron chi connectivity index (χ3n) is 4.45. The van der Waals surface area contributed by atoms with Crippen LogP contribution in [0.4, 0.5) is 5.82 Å². The second-order valence-electron chi connectivity index (χ2n) is 6.18. The van der Waals surface area contributed by atoms with Gasteiger partial charge in [0.2, 0.25) is 0 Å². The average Bonchev–Trinajstić information content (AvgIpc) is 2.93. The second kappa shape index (κ2) is 6.02. The molecular weight excluding hydrogens is 262 g/mol. The Hall–Kier alpha value is -1.62. The molecule has 2 heterocycles. The smallest absolute Gasteiger partial charge is 0.157 e. The van der Waals surface area contributed by atoms with Gasteiger partial charge in [0.15, 0.2) is 5.65 Å². The van der Waals surface area contributed by atoms with E-state index < -0.39 is 0 Å². The number of fused-ring (bicyclic) bond motifs is 1. The third kappa shape index (κ3) is 2.88. The van der Waals surface area contributed by atoms with Crippen molar-refractivity contribution < 1.29 is 0 Å². The Morgan fingerprint density at radius 2 is 2.05 bits per heavy atom. The Kier molecular flexibility index (Phi) is 4.10. The van der Waals surface area contributed by atoms with Crippen LogP contribution in [0.1, 0.15) is 44.6 Å². The minimum Gasteiger partial charge on any atom is -0.354 e. The number of pyridine rings is 1. The van der Waals surface area contributed by atoms with Crippen molar-refractivity contribution in [2.75, 3.05) is 11.4 Å². The molecule has 2 aromatic rings. The summed E-state index contributed by atoms with van der Waals surface area (Å²) in [6, 6.07) is 5.26. The van der Waals surface area contributed by atoms with Crippen molar-refractivity contribution in [3.63, 3.8) is 0 Å². The number of aryl methyl sites for hydroxylation is 1. The van der Waals surface area contributed by atoms with E-state index in [1.807, 2.05) is 4.52 Å². The molecule has 0 radical (unpaired) electrons. The van der Waals surface area contributed by atoms with Gasteiger partial charge in [-0.15, -0.1) is 0 Å². The van der Waals surface area contributed by atoms with Crippen molar-refractivity contribution in [3.8, 4) is 0 Å². The van der Waals surface area contributed by atoms with E-state index in [0.717, 1.165) is 31.5 Å². The molecule has 0 saturated heterocycles.